The van der Waals surface area contributed by atoms with Gasteiger partial charge in [0.15, 0.2) is 12.1 Å². The molecule has 0 aromatic carbocycles. The lowest BCUT2D eigenvalue weighted by molar-refractivity contribution is 0.139. The Bertz CT molecular complexity index is 165. The molecule has 4 heteroatoms. The van der Waals surface area contributed by atoms with E-state index in [0.717, 1.165) is 0 Å². The Labute approximate surface area is 59.5 Å². The highest BCUT2D eigenvalue weighted by Gasteiger charge is 2.06. The van der Waals surface area contributed by atoms with E-state index in [4.69, 9.17) is 9.47 Å². The molecule has 0 saturated heterocycles. The fourth-order valence-corrected chi connectivity index (χ4v) is 0.651. The van der Waals surface area contributed by atoms with Crippen LogP contribution in [0.25, 0.3) is 0 Å². The highest BCUT2D eigenvalue weighted by Crippen LogP contribution is 2.01. The fraction of sp³-hybridized carbons (Fsp3) is 0.500. The predicted molar refractivity (Wildman–Crippen MR) is 37.5 cm³/mol. The summed E-state index contributed by atoms with van der Waals surface area (Å²) in [7, 11) is 3.18. The van der Waals surface area contributed by atoms with Crippen molar-refractivity contribution in [2.75, 3.05) is 14.2 Å². The van der Waals surface area contributed by atoms with E-state index in [-0.39, 0.29) is 6.23 Å². The molecule has 10 heavy (non-hydrogen) atoms. The Kier molecular flexibility index (Phi) is 2.28. The molecule has 0 spiro atoms. The highest BCUT2D eigenvalue weighted by molar-refractivity contribution is 5.58. The SMILES string of the molecule is COC1=CC(OC)N=CN1. The maximum absolute atomic E-state index is 4.93. The van der Waals surface area contributed by atoms with Crippen LogP contribution in [-0.2, 0) is 9.47 Å². The summed E-state index contributed by atoms with van der Waals surface area (Å²) in [6.45, 7) is 0. The second-order valence-electron chi connectivity index (χ2n) is 1.78. The predicted octanol–water partition coefficient (Wildman–Crippen LogP) is 0.0782. The molecule has 0 amide bonds. The van der Waals surface area contributed by atoms with E-state index in [2.05, 4.69) is 10.3 Å². The molecule has 0 aromatic heterocycles. The minimum atomic E-state index is -0.212. The molecule has 0 fully saturated rings. The van der Waals surface area contributed by atoms with Crippen molar-refractivity contribution in [3.63, 3.8) is 0 Å². The van der Waals surface area contributed by atoms with Crippen LogP contribution in [0.5, 0.6) is 0 Å². The lowest BCUT2D eigenvalue weighted by Gasteiger charge is -2.13. The van der Waals surface area contributed by atoms with E-state index < -0.39 is 0 Å². The van der Waals surface area contributed by atoms with Crippen LogP contribution in [0.1, 0.15) is 0 Å². The molecule has 0 aliphatic carbocycles. The van der Waals surface area contributed by atoms with Crippen molar-refractivity contribution in [1.82, 2.24) is 5.32 Å². The number of hydrogen-bond acceptors (Lipinski definition) is 4. The number of methoxy groups -OCH3 is 2. The van der Waals surface area contributed by atoms with Gasteiger partial charge >= 0.3 is 0 Å². The van der Waals surface area contributed by atoms with E-state index >= 15 is 0 Å². The van der Waals surface area contributed by atoms with Gasteiger partial charge in [-0.25, -0.2) is 4.99 Å². The van der Waals surface area contributed by atoms with E-state index in [1.165, 1.54) is 0 Å². The molecule has 1 rings (SSSR count). The highest BCUT2D eigenvalue weighted by atomic mass is 16.5. The Morgan fingerprint density at radius 2 is 2.40 bits per heavy atom. The minimum Gasteiger partial charge on any atom is -0.482 e. The number of aliphatic imine (C=N–C) groups is 1. The summed E-state index contributed by atoms with van der Waals surface area (Å²) in [6.07, 6.45) is 3.09. The van der Waals surface area contributed by atoms with Gasteiger partial charge in [0.25, 0.3) is 0 Å². The summed E-state index contributed by atoms with van der Waals surface area (Å²) >= 11 is 0. The van der Waals surface area contributed by atoms with Gasteiger partial charge in [-0.3, -0.25) is 0 Å². The number of nitrogens with one attached hydrogen (secondary N) is 1. The van der Waals surface area contributed by atoms with Crippen LogP contribution in [0.4, 0.5) is 0 Å². The Balaban J connectivity index is 2.54. The van der Waals surface area contributed by atoms with Crippen LogP contribution in [0.2, 0.25) is 0 Å². The van der Waals surface area contributed by atoms with E-state index in [1.807, 2.05) is 0 Å². The Morgan fingerprint density at radius 1 is 1.60 bits per heavy atom. The van der Waals surface area contributed by atoms with Gasteiger partial charge in [-0.15, -0.1) is 0 Å². The van der Waals surface area contributed by atoms with Crippen molar-refractivity contribution in [3.05, 3.63) is 12.0 Å². The van der Waals surface area contributed by atoms with Crippen LogP contribution in [-0.4, -0.2) is 26.8 Å². The van der Waals surface area contributed by atoms with Gasteiger partial charge in [-0.2, -0.15) is 0 Å². The first-order valence-corrected chi connectivity index (χ1v) is 2.93. The van der Waals surface area contributed by atoms with Crippen molar-refractivity contribution in [3.8, 4) is 0 Å². The molecule has 4 nitrogen and oxygen atoms in total. The zero-order chi connectivity index (χ0) is 7.40. The molecular formula is C6H10N2O2. The van der Waals surface area contributed by atoms with Crippen molar-refractivity contribution in [2.45, 2.75) is 6.23 Å². The summed E-state index contributed by atoms with van der Waals surface area (Å²) in [4.78, 5) is 3.93. The zero-order valence-electron chi connectivity index (χ0n) is 6.00. The zero-order valence-corrected chi connectivity index (χ0v) is 6.00. The molecule has 56 valence electrons. The third-order valence-electron chi connectivity index (χ3n) is 1.18. The van der Waals surface area contributed by atoms with Gasteiger partial charge in [0, 0.05) is 13.2 Å². The first-order valence-electron chi connectivity index (χ1n) is 2.93. The van der Waals surface area contributed by atoms with Crippen molar-refractivity contribution < 1.29 is 9.47 Å². The van der Waals surface area contributed by atoms with Gasteiger partial charge < -0.3 is 14.8 Å². The molecule has 1 unspecified atom stereocenters. The molecule has 1 aliphatic rings. The quantitative estimate of drug-likeness (QED) is 0.593. The Hall–Kier alpha value is -1.03. The maximum atomic E-state index is 4.93. The largest absolute Gasteiger partial charge is 0.482 e. The van der Waals surface area contributed by atoms with Gasteiger partial charge in [-0.1, -0.05) is 0 Å². The molecule has 0 aromatic rings. The number of rotatable bonds is 2. The minimum absolute atomic E-state index is 0.212. The normalized spacial score (nSPS) is 23.4. The van der Waals surface area contributed by atoms with Gasteiger partial charge in [-0.05, 0) is 0 Å². The van der Waals surface area contributed by atoms with Crippen LogP contribution in [0, 0.1) is 0 Å². The van der Waals surface area contributed by atoms with E-state index in [0.29, 0.717) is 5.88 Å². The number of hydrogen-bond donors (Lipinski definition) is 1. The van der Waals surface area contributed by atoms with Crippen LogP contribution in [0.3, 0.4) is 0 Å². The van der Waals surface area contributed by atoms with Crippen molar-refractivity contribution >= 4 is 6.34 Å². The topological polar surface area (TPSA) is 42.9 Å². The number of ether oxygens (including phenoxy) is 2. The van der Waals surface area contributed by atoms with Gasteiger partial charge in [0.2, 0.25) is 0 Å². The summed E-state index contributed by atoms with van der Waals surface area (Å²) in [5.41, 5.74) is 0. The van der Waals surface area contributed by atoms with E-state index in [1.54, 1.807) is 26.6 Å². The van der Waals surface area contributed by atoms with Crippen molar-refractivity contribution in [1.29, 1.82) is 0 Å². The average Bonchev–Trinajstić information content (AvgIpc) is 2.05. The summed E-state index contributed by atoms with van der Waals surface area (Å²) in [6, 6.07) is 0. The second kappa shape index (κ2) is 3.22. The molecule has 0 saturated carbocycles. The van der Waals surface area contributed by atoms with Crippen LogP contribution < -0.4 is 5.32 Å². The van der Waals surface area contributed by atoms with Gasteiger partial charge in [0.05, 0.1) is 13.4 Å². The first-order chi connectivity index (χ1) is 4.86. The lowest BCUT2D eigenvalue weighted by Crippen LogP contribution is -2.22. The third kappa shape index (κ3) is 1.48. The summed E-state index contributed by atoms with van der Waals surface area (Å²) in [5.74, 6) is 0.668. The standard InChI is InChI=1S/C6H10N2O2/c1-9-5-3-6(10-2)8-4-7-5/h3-5H,1-2H3,(H,7,8). The van der Waals surface area contributed by atoms with E-state index in [9.17, 15) is 0 Å². The molecule has 1 N–H and O–H groups in total. The van der Waals surface area contributed by atoms with Crippen LogP contribution >= 0.6 is 0 Å². The lowest BCUT2D eigenvalue weighted by atomic mass is 10.5. The average molecular weight is 142 g/mol. The molecule has 0 bridgehead atoms. The molecule has 1 atom stereocenters. The smallest absolute Gasteiger partial charge is 0.191 e. The first kappa shape index (κ1) is 7.08. The van der Waals surface area contributed by atoms with Crippen LogP contribution in [0.15, 0.2) is 17.0 Å². The molecule has 1 aliphatic heterocycles. The summed E-state index contributed by atoms with van der Waals surface area (Å²) < 4.78 is 9.83. The molecule has 0 radical (unpaired) electrons. The monoisotopic (exact) mass is 142 g/mol. The van der Waals surface area contributed by atoms with Crippen molar-refractivity contribution in [2.24, 2.45) is 4.99 Å². The second-order valence-corrected chi connectivity index (χ2v) is 1.78. The van der Waals surface area contributed by atoms with Gasteiger partial charge in [0.1, 0.15) is 0 Å². The maximum Gasteiger partial charge on any atom is 0.191 e. The third-order valence-corrected chi connectivity index (χ3v) is 1.18. The molecule has 1 heterocycles. The fourth-order valence-electron chi connectivity index (χ4n) is 0.651. The summed E-state index contributed by atoms with van der Waals surface area (Å²) in [5, 5.41) is 2.80. The number of nitrogens with zero attached hydrogens (tertiary/aromatic N) is 1. The Morgan fingerprint density at radius 3 is 3.00 bits per heavy atom. The molecular weight excluding hydrogens is 132 g/mol.